The number of carbonyl (C=O) groups is 2. The van der Waals surface area contributed by atoms with Gasteiger partial charge >= 0.3 is 6.03 Å². The fraction of sp³-hybridized carbons (Fsp3) is 0.150. The smallest absolute Gasteiger partial charge is 0.319 e. The maximum absolute atomic E-state index is 11.9. The minimum Gasteiger partial charge on any atom is -0.490 e. The third kappa shape index (κ3) is 6.29. The summed E-state index contributed by atoms with van der Waals surface area (Å²) in [5.74, 6) is -0.343. The van der Waals surface area contributed by atoms with Crippen LogP contribution in [0, 0.1) is 11.3 Å². The van der Waals surface area contributed by atoms with Gasteiger partial charge in [0.05, 0.1) is 21.7 Å². The van der Waals surface area contributed by atoms with E-state index >= 15 is 0 Å². The zero-order valence-electron chi connectivity index (χ0n) is 15.7. The molecule has 3 N–H and O–H groups in total. The van der Waals surface area contributed by atoms with Crippen LogP contribution in [0.2, 0.25) is 15.1 Å². The summed E-state index contributed by atoms with van der Waals surface area (Å²) in [4.78, 5) is 22.7. The molecule has 0 spiro atoms. The van der Waals surface area contributed by atoms with Crippen molar-refractivity contribution < 1.29 is 19.1 Å². The van der Waals surface area contributed by atoms with Crippen molar-refractivity contribution in [2.24, 2.45) is 5.73 Å². The lowest BCUT2D eigenvalue weighted by molar-refractivity contribution is -0.115. The lowest BCUT2D eigenvalue weighted by atomic mass is 10.1. The van der Waals surface area contributed by atoms with Gasteiger partial charge in [0, 0.05) is 0 Å². The van der Waals surface area contributed by atoms with Crippen LogP contribution >= 0.6 is 34.8 Å². The first-order chi connectivity index (χ1) is 14.2. The quantitative estimate of drug-likeness (QED) is 0.450. The number of rotatable bonds is 7. The van der Waals surface area contributed by atoms with Gasteiger partial charge in [-0.05, 0) is 48.4 Å². The number of imide groups is 1. The fourth-order valence-electron chi connectivity index (χ4n) is 2.35. The van der Waals surface area contributed by atoms with Crippen LogP contribution in [0.25, 0.3) is 6.08 Å². The molecule has 156 valence electrons. The van der Waals surface area contributed by atoms with Crippen LogP contribution < -0.4 is 20.5 Å². The molecule has 0 radical (unpaired) electrons. The highest BCUT2D eigenvalue weighted by molar-refractivity contribution is 6.42. The van der Waals surface area contributed by atoms with E-state index in [1.807, 2.05) is 5.32 Å². The summed E-state index contributed by atoms with van der Waals surface area (Å²) in [7, 11) is 0. The number of nitrogens with two attached hydrogens (primary N) is 1. The Balaban J connectivity index is 2.33. The number of hydrogen-bond acceptors (Lipinski definition) is 5. The molecule has 10 heteroatoms. The van der Waals surface area contributed by atoms with Crippen molar-refractivity contribution in [1.82, 2.24) is 5.32 Å². The Morgan fingerprint density at radius 2 is 1.87 bits per heavy atom. The number of halogens is 3. The zero-order chi connectivity index (χ0) is 22.3. The molecule has 0 bridgehead atoms. The molecule has 0 fully saturated rings. The largest absolute Gasteiger partial charge is 0.490 e. The topological polar surface area (TPSA) is 114 Å². The van der Waals surface area contributed by atoms with Crippen molar-refractivity contribution in [2.75, 3.05) is 6.61 Å². The first-order valence-corrected chi connectivity index (χ1v) is 9.64. The fourth-order valence-corrected chi connectivity index (χ4v) is 2.95. The van der Waals surface area contributed by atoms with E-state index in [1.54, 1.807) is 37.3 Å². The van der Waals surface area contributed by atoms with Crippen LogP contribution in [-0.2, 0) is 11.4 Å². The normalized spacial score (nSPS) is 10.8. The van der Waals surface area contributed by atoms with Gasteiger partial charge in [0.2, 0.25) is 0 Å². The summed E-state index contributed by atoms with van der Waals surface area (Å²) in [6, 6.07) is 8.76. The van der Waals surface area contributed by atoms with Gasteiger partial charge in [0.25, 0.3) is 5.91 Å². The number of ether oxygens (including phenoxy) is 2. The first-order valence-electron chi connectivity index (χ1n) is 8.50. The van der Waals surface area contributed by atoms with Crippen LogP contribution in [0.15, 0.2) is 35.9 Å². The molecular weight excluding hydrogens is 453 g/mol. The van der Waals surface area contributed by atoms with E-state index in [0.717, 1.165) is 5.56 Å². The number of amides is 3. The highest BCUT2D eigenvalue weighted by Gasteiger charge is 2.15. The second-order valence-electron chi connectivity index (χ2n) is 5.79. The van der Waals surface area contributed by atoms with Gasteiger partial charge in [-0.3, -0.25) is 10.1 Å². The van der Waals surface area contributed by atoms with Crippen molar-refractivity contribution in [3.8, 4) is 17.6 Å². The van der Waals surface area contributed by atoms with Crippen LogP contribution in [0.4, 0.5) is 4.79 Å². The minimum atomic E-state index is -1.07. The number of benzene rings is 2. The molecule has 0 saturated heterocycles. The van der Waals surface area contributed by atoms with E-state index in [9.17, 15) is 14.9 Å². The summed E-state index contributed by atoms with van der Waals surface area (Å²) in [6.45, 7) is 2.25. The molecule has 0 aromatic heterocycles. The number of carbonyl (C=O) groups excluding carboxylic acids is 2. The van der Waals surface area contributed by atoms with Gasteiger partial charge in [0.15, 0.2) is 11.5 Å². The number of primary amides is 1. The van der Waals surface area contributed by atoms with Crippen molar-refractivity contribution in [2.45, 2.75) is 13.5 Å². The molecule has 2 aromatic rings. The Bertz CT molecular complexity index is 1050. The van der Waals surface area contributed by atoms with E-state index in [0.29, 0.717) is 28.0 Å². The molecule has 30 heavy (non-hydrogen) atoms. The van der Waals surface area contributed by atoms with E-state index in [-0.39, 0.29) is 23.0 Å². The molecule has 0 aliphatic carbocycles. The number of nitrogens with one attached hydrogen (secondary N) is 1. The second kappa shape index (κ2) is 10.7. The molecule has 0 heterocycles. The van der Waals surface area contributed by atoms with Crippen molar-refractivity contribution in [3.05, 3.63) is 62.1 Å². The Morgan fingerprint density at radius 3 is 2.47 bits per heavy atom. The molecular formula is C20H16Cl3N3O4. The minimum absolute atomic E-state index is 0.149. The predicted octanol–water partition coefficient (Wildman–Crippen LogP) is 4.73. The van der Waals surface area contributed by atoms with Gasteiger partial charge in [-0.2, -0.15) is 5.26 Å². The van der Waals surface area contributed by atoms with Gasteiger partial charge in [-0.15, -0.1) is 0 Å². The monoisotopic (exact) mass is 467 g/mol. The number of urea groups is 1. The van der Waals surface area contributed by atoms with Gasteiger partial charge in [-0.25, -0.2) is 4.79 Å². The third-order valence-corrected chi connectivity index (χ3v) is 4.63. The number of nitrogens with zero attached hydrogens (tertiary/aromatic N) is 1. The highest BCUT2D eigenvalue weighted by Crippen LogP contribution is 2.38. The summed E-state index contributed by atoms with van der Waals surface area (Å²) >= 11 is 18.3. The SMILES string of the molecule is CCOc1cc(/C=C(/C#N)C(=O)NC(N)=O)cc(Cl)c1OCc1ccc(Cl)c(Cl)c1. The molecule has 3 amide bonds. The van der Waals surface area contributed by atoms with Crippen molar-refractivity contribution in [1.29, 1.82) is 5.26 Å². The Labute approximate surface area is 187 Å². The lowest BCUT2D eigenvalue weighted by Crippen LogP contribution is -2.35. The Morgan fingerprint density at radius 1 is 1.13 bits per heavy atom. The molecule has 0 atom stereocenters. The third-order valence-electron chi connectivity index (χ3n) is 3.61. The first kappa shape index (κ1) is 23.4. The van der Waals surface area contributed by atoms with Crippen LogP contribution in [-0.4, -0.2) is 18.5 Å². The lowest BCUT2D eigenvalue weighted by Gasteiger charge is -2.15. The summed E-state index contributed by atoms with van der Waals surface area (Å²) in [5, 5.41) is 12.0. The molecule has 7 nitrogen and oxygen atoms in total. The molecule has 0 aliphatic heterocycles. The summed E-state index contributed by atoms with van der Waals surface area (Å²) in [5.41, 5.74) is 5.72. The van der Waals surface area contributed by atoms with Gasteiger partial charge < -0.3 is 15.2 Å². The molecule has 0 saturated carbocycles. The Hall–Kier alpha value is -2.92. The maximum atomic E-state index is 11.9. The molecule has 2 rings (SSSR count). The van der Waals surface area contributed by atoms with Crippen LogP contribution in [0.3, 0.4) is 0 Å². The molecule has 0 aliphatic rings. The second-order valence-corrected chi connectivity index (χ2v) is 7.01. The highest BCUT2D eigenvalue weighted by atomic mass is 35.5. The van der Waals surface area contributed by atoms with E-state index in [4.69, 9.17) is 50.0 Å². The van der Waals surface area contributed by atoms with E-state index in [2.05, 4.69) is 0 Å². The van der Waals surface area contributed by atoms with Crippen molar-refractivity contribution in [3.63, 3.8) is 0 Å². The molecule has 2 aromatic carbocycles. The van der Waals surface area contributed by atoms with Crippen LogP contribution in [0.5, 0.6) is 11.5 Å². The van der Waals surface area contributed by atoms with Crippen molar-refractivity contribution >= 4 is 52.8 Å². The number of nitriles is 1. The molecule has 0 unspecified atom stereocenters. The van der Waals surface area contributed by atoms with E-state index < -0.39 is 11.9 Å². The predicted molar refractivity (Wildman–Crippen MR) is 115 cm³/mol. The average Bonchev–Trinajstić information content (AvgIpc) is 2.67. The number of hydrogen-bond donors (Lipinski definition) is 2. The van der Waals surface area contributed by atoms with Gasteiger partial charge in [0.1, 0.15) is 18.2 Å². The Kier molecular flexibility index (Phi) is 8.36. The standard InChI is InChI=1S/C20H16Cl3N3O4/c1-2-29-17-8-12(5-13(9-24)19(27)26-20(25)28)7-16(23)18(17)30-10-11-3-4-14(21)15(22)6-11/h3-8H,2,10H2,1H3,(H3,25,26,27,28)/b13-5-. The summed E-state index contributed by atoms with van der Waals surface area (Å²) < 4.78 is 11.4. The maximum Gasteiger partial charge on any atom is 0.319 e. The van der Waals surface area contributed by atoms with E-state index in [1.165, 1.54) is 12.1 Å². The summed E-state index contributed by atoms with van der Waals surface area (Å²) in [6.07, 6.45) is 1.25. The average molecular weight is 469 g/mol. The zero-order valence-corrected chi connectivity index (χ0v) is 17.9. The van der Waals surface area contributed by atoms with Crippen LogP contribution in [0.1, 0.15) is 18.1 Å². The van der Waals surface area contributed by atoms with Gasteiger partial charge in [-0.1, -0.05) is 40.9 Å².